The first kappa shape index (κ1) is 11.8. The van der Waals surface area contributed by atoms with Gasteiger partial charge in [0.2, 0.25) is 0 Å². The van der Waals surface area contributed by atoms with Crippen LogP contribution in [0.3, 0.4) is 0 Å². The maximum Gasteiger partial charge on any atom is 0.123 e. The number of fused-ring (bicyclic) bond motifs is 1. The van der Waals surface area contributed by atoms with Crippen molar-refractivity contribution in [3.63, 3.8) is 0 Å². The fourth-order valence-corrected chi connectivity index (χ4v) is 2.08. The van der Waals surface area contributed by atoms with Crippen LogP contribution in [0.5, 0.6) is 0 Å². The minimum Gasteiger partial charge on any atom is -0.330 e. The standard InChI is InChI=1S/C14H15N5/c1-19-13-5-3-2-4-12(13)18-14(19)9-16-8-11-6-7-15-10-17-11/h2-7,10,16H,8-9H2,1H3. The summed E-state index contributed by atoms with van der Waals surface area (Å²) in [6.07, 6.45) is 3.31. The molecule has 0 atom stereocenters. The van der Waals surface area contributed by atoms with Crippen LogP contribution in [0.15, 0.2) is 42.9 Å². The highest BCUT2D eigenvalue weighted by molar-refractivity contribution is 5.75. The van der Waals surface area contributed by atoms with Crippen molar-refractivity contribution in [2.45, 2.75) is 13.1 Å². The van der Waals surface area contributed by atoms with Gasteiger partial charge in [-0.2, -0.15) is 0 Å². The largest absolute Gasteiger partial charge is 0.330 e. The summed E-state index contributed by atoms with van der Waals surface area (Å²) < 4.78 is 2.11. The Bertz CT molecular complexity index is 675. The monoisotopic (exact) mass is 253 g/mol. The number of hydrogen-bond acceptors (Lipinski definition) is 4. The molecule has 96 valence electrons. The summed E-state index contributed by atoms with van der Waals surface area (Å²) in [4.78, 5) is 12.7. The summed E-state index contributed by atoms with van der Waals surface area (Å²) in [7, 11) is 2.04. The van der Waals surface area contributed by atoms with Crippen LogP contribution in [-0.2, 0) is 20.1 Å². The number of nitrogens with one attached hydrogen (secondary N) is 1. The van der Waals surface area contributed by atoms with Crippen molar-refractivity contribution >= 4 is 11.0 Å². The first-order chi connectivity index (χ1) is 9.34. The number of hydrogen-bond donors (Lipinski definition) is 1. The van der Waals surface area contributed by atoms with Gasteiger partial charge in [-0.3, -0.25) is 0 Å². The lowest BCUT2D eigenvalue weighted by atomic mass is 10.3. The zero-order valence-corrected chi connectivity index (χ0v) is 10.7. The zero-order valence-electron chi connectivity index (χ0n) is 10.7. The van der Waals surface area contributed by atoms with E-state index in [-0.39, 0.29) is 0 Å². The number of para-hydroxylation sites is 2. The topological polar surface area (TPSA) is 55.6 Å². The third kappa shape index (κ3) is 2.46. The first-order valence-corrected chi connectivity index (χ1v) is 6.20. The SMILES string of the molecule is Cn1c(CNCc2ccncn2)nc2ccccc21. The molecule has 0 bridgehead atoms. The Morgan fingerprint density at radius 2 is 2.05 bits per heavy atom. The van der Waals surface area contributed by atoms with E-state index in [9.17, 15) is 0 Å². The number of aryl methyl sites for hydroxylation is 1. The van der Waals surface area contributed by atoms with Crippen LogP contribution in [0.2, 0.25) is 0 Å². The lowest BCUT2D eigenvalue weighted by Gasteiger charge is -2.04. The maximum absolute atomic E-state index is 4.61. The molecule has 0 unspecified atom stereocenters. The van der Waals surface area contributed by atoms with Gasteiger partial charge in [-0.1, -0.05) is 12.1 Å². The summed E-state index contributed by atoms with van der Waals surface area (Å²) in [5.41, 5.74) is 3.17. The van der Waals surface area contributed by atoms with Crippen molar-refractivity contribution < 1.29 is 0 Å². The predicted molar refractivity (Wildman–Crippen MR) is 73.3 cm³/mol. The lowest BCUT2D eigenvalue weighted by Crippen LogP contribution is -2.16. The molecule has 0 amide bonds. The third-order valence-electron chi connectivity index (χ3n) is 3.11. The van der Waals surface area contributed by atoms with Crippen molar-refractivity contribution in [1.82, 2.24) is 24.8 Å². The summed E-state index contributed by atoms with van der Waals surface area (Å²) in [6.45, 7) is 1.43. The molecular formula is C14H15N5. The molecule has 1 aromatic carbocycles. The average molecular weight is 253 g/mol. The van der Waals surface area contributed by atoms with E-state index in [1.54, 1.807) is 12.5 Å². The zero-order chi connectivity index (χ0) is 13.1. The van der Waals surface area contributed by atoms with Gasteiger partial charge in [0.25, 0.3) is 0 Å². The Morgan fingerprint density at radius 3 is 2.84 bits per heavy atom. The van der Waals surface area contributed by atoms with Crippen LogP contribution >= 0.6 is 0 Å². The van der Waals surface area contributed by atoms with Crippen molar-refractivity contribution in [2.75, 3.05) is 0 Å². The van der Waals surface area contributed by atoms with E-state index in [1.807, 2.05) is 31.3 Å². The van der Waals surface area contributed by atoms with Gasteiger partial charge in [0.1, 0.15) is 12.2 Å². The smallest absolute Gasteiger partial charge is 0.123 e. The molecule has 2 heterocycles. The fourth-order valence-electron chi connectivity index (χ4n) is 2.08. The first-order valence-electron chi connectivity index (χ1n) is 6.20. The second kappa shape index (κ2) is 5.16. The minimum atomic E-state index is 0.714. The Labute approximate surface area is 111 Å². The molecule has 0 radical (unpaired) electrons. The summed E-state index contributed by atoms with van der Waals surface area (Å²) >= 11 is 0. The van der Waals surface area contributed by atoms with Crippen molar-refractivity contribution in [3.8, 4) is 0 Å². The van der Waals surface area contributed by atoms with Crippen LogP contribution in [-0.4, -0.2) is 19.5 Å². The van der Waals surface area contributed by atoms with Gasteiger partial charge in [-0.05, 0) is 18.2 Å². The van der Waals surface area contributed by atoms with Gasteiger partial charge in [0.05, 0.1) is 23.3 Å². The van der Waals surface area contributed by atoms with Gasteiger partial charge < -0.3 is 9.88 Å². The maximum atomic E-state index is 4.61. The molecule has 0 aliphatic rings. The summed E-state index contributed by atoms with van der Waals surface area (Å²) in [5, 5.41) is 3.35. The Kier molecular flexibility index (Phi) is 3.20. The molecule has 5 nitrogen and oxygen atoms in total. The molecule has 3 aromatic rings. The van der Waals surface area contributed by atoms with Crippen molar-refractivity contribution in [3.05, 3.63) is 54.4 Å². The van der Waals surface area contributed by atoms with Crippen molar-refractivity contribution in [1.29, 1.82) is 0 Å². The lowest BCUT2D eigenvalue weighted by molar-refractivity contribution is 0.634. The molecule has 0 aliphatic heterocycles. The number of benzene rings is 1. The van der Waals surface area contributed by atoms with Crippen LogP contribution in [0.1, 0.15) is 11.5 Å². The average Bonchev–Trinajstić information content (AvgIpc) is 2.78. The highest BCUT2D eigenvalue weighted by Gasteiger charge is 2.06. The van der Waals surface area contributed by atoms with E-state index < -0.39 is 0 Å². The van der Waals surface area contributed by atoms with Gasteiger partial charge in [-0.25, -0.2) is 15.0 Å². The molecule has 0 aliphatic carbocycles. The second-order valence-corrected chi connectivity index (χ2v) is 4.38. The third-order valence-corrected chi connectivity index (χ3v) is 3.11. The van der Waals surface area contributed by atoms with Crippen LogP contribution < -0.4 is 5.32 Å². The van der Waals surface area contributed by atoms with Gasteiger partial charge >= 0.3 is 0 Å². The minimum absolute atomic E-state index is 0.714. The fraction of sp³-hybridized carbons (Fsp3) is 0.214. The predicted octanol–water partition coefficient (Wildman–Crippen LogP) is 1.65. The Morgan fingerprint density at radius 1 is 1.16 bits per heavy atom. The number of imidazole rings is 1. The van der Waals surface area contributed by atoms with E-state index in [4.69, 9.17) is 0 Å². The number of aromatic nitrogens is 4. The quantitative estimate of drug-likeness (QED) is 0.768. The van der Waals surface area contributed by atoms with Gasteiger partial charge in [-0.15, -0.1) is 0 Å². The molecule has 19 heavy (non-hydrogen) atoms. The number of rotatable bonds is 4. The molecule has 3 rings (SSSR count). The molecule has 2 aromatic heterocycles. The molecule has 0 fully saturated rings. The molecule has 0 saturated carbocycles. The normalized spacial score (nSPS) is 11.0. The molecule has 0 spiro atoms. The molecule has 1 N–H and O–H groups in total. The molecule has 0 saturated heterocycles. The molecular weight excluding hydrogens is 238 g/mol. The second-order valence-electron chi connectivity index (χ2n) is 4.38. The van der Waals surface area contributed by atoms with E-state index >= 15 is 0 Å². The van der Waals surface area contributed by atoms with Crippen molar-refractivity contribution in [2.24, 2.45) is 7.05 Å². The van der Waals surface area contributed by atoms with Crippen LogP contribution in [0, 0.1) is 0 Å². The van der Waals surface area contributed by atoms with Crippen LogP contribution in [0.4, 0.5) is 0 Å². The Hall–Kier alpha value is -2.27. The highest BCUT2D eigenvalue weighted by atomic mass is 15.1. The van der Waals surface area contributed by atoms with E-state index in [0.29, 0.717) is 6.54 Å². The summed E-state index contributed by atoms with van der Waals surface area (Å²) in [5.74, 6) is 1.02. The summed E-state index contributed by atoms with van der Waals surface area (Å²) in [6, 6.07) is 10.1. The van der Waals surface area contributed by atoms with Gasteiger partial charge in [0.15, 0.2) is 0 Å². The van der Waals surface area contributed by atoms with Gasteiger partial charge in [0, 0.05) is 19.8 Å². The highest BCUT2D eigenvalue weighted by Crippen LogP contribution is 2.13. The van der Waals surface area contributed by atoms with Crippen LogP contribution in [0.25, 0.3) is 11.0 Å². The number of nitrogens with zero attached hydrogens (tertiary/aromatic N) is 4. The van der Waals surface area contributed by atoms with E-state index in [1.165, 1.54) is 0 Å². The Balaban J connectivity index is 1.70. The van der Waals surface area contributed by atoms with E-state index in [0.717, 1.165) is 29.1 Å². The molecule has 5 heteroatoms. The van der Waals surface area contributed by atoms with E-state index in [2.05, 4.69) is 30.9 Å².